The third-order valence-corrected chi connectivity index (χ3v) is 3.33. The summed E-state index contributed by atoms with van der Waals surface area (Å²) in [5.41, 5.74) is 1.09. The molecule has 0 saturated heterocycles. The number of carboxylic acid groups (broad SMARTS) is 1. The highest BCUT2D eigenvalue weighted by atomic mass is 16.4. The van der Waals surface area contributed by atoms with Gasteiger partial charge in [-0.15, -0.1) is 0 Å². The normalized spacial score (nSPS) is 11.0. The van der Waals surface area contributed by atoms with Crippen LogP contribution in [-0.2, 0) is 0 Å². The molecule has 3 aromatic carbocycles. The van der Waals surface area contributed by atoms with Crippen molar-refractivity contribution in [1.29, 1.82) is 0 Å². The number of hydrogen-bond donors (Lipinski definition) is 2. The van der Waals surface area contributed by atoms with E-state index in [1.807, 2.05) is 31.2 Å². The van der Waals surface area contributed by atoms with Gasteiger partial charge in [0.15, 0.2) is 0 Å². The van der Waals surface area contributed by atoms with Crippen molar-refractivity contribution in [3.63, 3.8) is 0 Å². The minimum Gasteiger partial charge on any atom is -0.506 e. The second kappa shape index (κ2) is 3.99. The van der Waals surface area contributed by atoms with Crippen LogP contribution in [0.4, 0.5) is 0 Å². The Bertz CT molecular complexity index is 819. The van der Waals surface area contributed by atoms with E-state index < -0.39 is 5.97 Å². The molecule has 0 aliphatic rings. The first-order valence-electron chi connectivity index (χ1n) is 5.95. The molecule has 3 rings (SSSR count). The summed E-state index contributed by atoms with van der Waals surface area (Å²) in [5, 5.41) is 22.5. The highest BCUT2D eigenvalue weighted by Crippen LogP contribution is 2.32. The fourth-order valence-electron chi connectivity index (χ4n) is 2.35. The van der Waals surface area contributed by atoms with Crippen molar-refractivity contribution in [2.24, 2.45) is 0 Å². The Morgan fingerprint density at radius 3 is 2.42 bits per heavy atom. The Labute approximate surface area is 109 Å². The Kier molecular flexibility index (Phi) is 2.42. The van der Waals surface area contributed by atoms with Gasteiger partial charge in [0.05, 0.1) is 0 Å². The van der Waals surface area contributed by atoms with Gasteiger partial charge in [0.1, 0.15) is 11.3 Å². The van der Waals surface area contributed by atoms with Crippen molar-refractivity contribution in [2.45, 2.75) is 6.92 Å². The van der Waals surface area contributed by atoms with E-state index in [1.165, 1.54) is 11.6 Å². The first-order valence-corrected chi connectivity index (χ1v) is 5.95. The molecule has 0 aliphatic heterocycles. The van der Waals surface area contributed by atoms with Crippen molar-refractivity contribution >= 4 is 27.5 Å². The largest absolute Gasteiger partial charge is 0.506 e. The van der Waals surface area contributed by atoms with Gasteiger partial charge in [-0.05, 0) is 41.3 Å². The third kappa shape index (κ3) is 1.80. The van der Waals surface area contributed by atoms with E-state index in [1.54, 1.807) is 6.07 Å². The highest BCUT2D eigenvalue weighted by Gasteiger charge is 2.12. The van der Waals surface area contributed by atoms with Crippen LogP contribution in [-0.4, -0.2) is 16.2 Å². The number of phenols is 1. The van der Waals surface area contributed by atoms with Gasteiger partial charge in [-0.1, -0.05) is 29.8 Å². The number of carbonyl (C=O) groups is 1. The molecule has 0 atom stereocenters. The van der Waals surface area contributed by atoms with Gasteiger partial charge in [-0.3, -0.25) is 0 Å². The molecule has 19 heavy (non-hydrogen) atoms. The number of fused-ring (bicyclic) bond motifs is 2. The van der Waals surface area contributed by atoms with Crippen LogP contribution in [0.3, 0.4) is 0 Å². The first-order chi connectivity index (χ1) is 9.06. The zero-order chi connectivity index (χ0) is 13.6. The molecule has 0 aromatic heterocycles. The second-order valence-electron chi connectivity index (χ2n) is 4.69. The van der Waals surface area contributed by atoms with Gasteiger partial charge < -0.3 is 10.2 Å². The van der Waals surface area contributed by atoms with E-state index in [0.29, 0.717) is 5.39 Å². The topological polar surface area (TPSA) is 57.5 Å². The lowest BCUT2D eigenvalue weighted by atomic mass is 9.99. The van der Waals surface area contributed by atoms with Crippen LogP contribution in [0.2, 0.25) is 0 Å². The summed E-state index contributed by atoms with van der Waals surface area (Å²) in [6.45, 7) is 2.02. The van der Waals surface area contributed by atoms with E-state index in [4.69, 9.17) is 5.11 Å². The Balaban J connectivity index is 2.41. The van der Waals surface area contributed by atoms with Crippen molar-refractivity contribution in [3.05, 3.63) is 53.6 Å². The Hall–Kier alpha value is -2.55. The van der Waals surface area contributed by atoms with Crippen LogP contribution in [0.25, 0.3) is 21.5 Å². The Morgan fingerprint density at radius 2 is 1.68 bits per heavy atom. The fraction of sp³-hybridized carbons (Fsp3) is 0.0625. The number of aryl methyl sites for hydroxylation is 1. The zero-order valence-electron chi connectivity index (χ0n) is 10.3. The molecule has 0 spiro atoms. The molecule has 3 aromatic rings. The summed E-state index contributed by atoms with van der Waals surface area (Å²) in [4.78, 5) is 11.0. The summed E-state index contributed by atoms with van der Waals surface area (Å²) in [6, 6.07) is 13.0. The molecule has 0 fully saturated rings. The summed E-state index contributed by atoms with van der Waals surface area (Å²) in [5.74, 6) is -1.30. The molecular weight excluding hydrogens is 240 g/mol. The average molecular weight is 252 g/mol. The van der Waals surface area contributed by atoms with Crippen molar-refractivity contribution in [3.8, 4) is 5.75 Å². The molecule has 0 heterocycles. The predicted molar refractivity (Wildman–Crippen MR) is 74.8 cm³/mol. The molecule has 0 bridgehead atoms. The molecule has 2 N–H and O–H groups in total. The molecule has 94 valence electrons. The first kappa shape index (κ1) is 11.5. The van der Waals surface area contributed by atoms with E-state index in [-0.39, 0.29) is 11.3 Å². The maximum atomic E-state index is 11.0. The quantitative estimate of drug-likeness (QED) is 0.649. The smallest absolute Gasteiger partial charge is 0.339 e. The lowest BCUT2D eigenvalue weighted by molar-refractivity contribution is 0.0694. The number of rotatable bonds is 1. The van der Waals surface area contributed by atoms with Crippen LogP contribution in [0.1, 0.15) is 15.9 Å². The van der Waals surface area contributed by atoms with Gasteiger partial charge in [-0.25, -0.2) is 4.79 Å². The lowest BCUT2D eigenvalue weighted by Crippen LogP contribution is -1.96. The summed E-state index contributed by atoms with van der Waals surface area (Å²) in [7, 11) is 0. The minimum absolute atomic E-state index is 0.0704. The van der Waals surface area contributed by atoms with Gasteiger partial charge in [-0.2, -0.15) is 0 Å². The number of aromatic hydroxyl groups is 1. The number of aromatic carboxylic acids is 1. The maximum Gasteiger partial charge on any atom is 0.339 e. The highest BCUT2D eigenvalue weighted by molar-refractivity contribution is 6.05. The van der Waals surface area contributed by atoms with E-state index in [9.17, 15) is 9.90 Å². The molecule has 0 radical (unpaired) electrons. The average Bonchev–Trinajstić information content (AvgIpc) is 2.37. The fourth-order valence-corrected chi connectivity index (χ4v) is 2.35. The van der Waals surface area contributed by atoms with Crippen LogP contribution < -0.4 is 0 Å². The van der Waals surface area contributed by atoms with Gasteiger partial charge >= 0.3 is 5.97 Å². The minimum atomic E-state index is -1.12. The van der Waals surface area contributed by atoms with E-state index >= 15 is 0 Å². The van der Waals surface area contributed by atoms with Crippen LogP contribution in [0.5, 0.6) is 5.75 Å². The monoisotopic (exact) mass is 252 g/mol. The van der Waals surface area contributed by atoms with Crippen LogP contribution >= 0.6 is 0 Å². The molecule has 0 amide bonds. The maximum absolute atomic E-state index is 11.0. The number of carboxylic acids is 1. The molecule has 0 saturated carbocycles. The third-order valence-electron chi connectivity index (χ3n) is 3.33. The molecule has 0 unspecified atom stereocenters. The van der Waals surface area contributed by atoms with Crippen molar-refractivity contribution in [2.75, 3.05) is 0 Å². The van der Waals surface area contributed by atoms with Crippen molar-refractivity contribution < 1.29 is 15.0 Å². The summed E-state index contributed by atoms with van der Waals surface area (Å²) >= 11 is 0. The van der Waals surface area contributed by atoms with E-state index in [2.05, 4.69) is 6.07 Å². The SMILES string of the molecule is Cc1ccc2cc3c(O)c(C(=O)O)ccc3cc2c1. The summed E-state index contributed by atoms with van der Waals surface area (Å²) in [6.07, 6.45) is 0. The number of benzene rings is 3. The van der Waals surface area contributed by atoms with Gasteiger partial charge in [0.2, 0.25) is 0 Å². The van der Waals surface area contributed by atoms with Crippen LogP contribution in [0, 0.1) is 6.92 Å². The van der Waals surface area contributed by atoms with Gasteiger partial charge in [0.25, 0.3) is 0 Å². The zero-order valence-corrected chi connectivity index (χ0v) is 10.3. The molecule has 3 heteroatoms. The van der Waals surface area contributed by atoms with Crippen LogP contribution in [0.15, 0.2) is 42.5 Å². The molecular formula is C16H12O3. The summed E-state index contributed by atoms with van der Waals surface area (Å²) < 4.78 is 0. The molecule has 0 aliphatic carbocycles. The predicted octanol–water partition coefficient (Wildman–Crippen LogP) is 3.71. The van der Waals surface area contributed by atoms with E-state index in [0.717, 1.165) is 16.2 Å². The van der Waals surface area contributed by atoms with Crippen molar-refractivity contribution in [1.82, 2.24) is 0 Å². The lowest BCUT2D eigenvalue weighted by Gasteiger charge is -2.07. The standard InChI is InChI=1S/C16H12O3/c1-9-2-3-10-8-14-11(7-12(10)6-9)4-5-13(15(14)17)16(18)19/h2-8,17H,1H3,(H,18,19). The number of hydrogen-bond acceptors (Lipinski definition) is 2. The van der Waals surface area contributed by atoms with Gasteiger partial charge in [0, 0.05) is 5.39 Å². The Morgan fingerprint density at radius 1 is 0.947 bits per heavy atom. The molecule has 3 nitrogen and oxygen atoms in total. The second-order valence-corrected chi connectivity index (χ2v) is 4.69.